The van der Waals surface area contributed by atoms with Crippen LogP contribution >= 0.6 is 11.8 Å². The molecule has 21 nitrogen and oxygen atoms in total. The zero-order valence-corrected chi connectivity index (χ0v) is 34.6. The number of esters is 1. The summed E-state index contributed by atoms with van der Waals surface area (Å²) in [7, 11) is 1.08. The number of carboxylic acids is 2. The van der Waals surface area contributed by atoms with Gasteiger partial charge in [-0.25, -0.2) is 9.59 Å². The predicted octanol–water partition coefficient (Wildman–Crippen LogP) is -10.3. The van der Waals surface area contributed by atoms with Crippen molar-refractivity contribution in [3.05, 3.63) is 41.1 Å². The van der Waals surface area contributed by atoms with Crippen molar-refractivity contribution < 1.29 is 127 Å². The Bertz CT molecular complexity index is 1730. The van der Waals surface area contributed by atoms with E-state index in [9.17, 15) is 53.4 Å². The van der Waals surface area contributed by atoms with Gasteiger partial charge in [0.05, 0.1) is 23.7 Å². The van der Waals surface area contributed by atoms with E-state index in [2.05, 4.69) is 16.0 Å². The van der Waals surface area contributed by atoms with Crippen molar-refractivity contribution in [1.29, 1.82) is 0 Å². The average Bonchev–Trinajstić information content (AvgIpc) is 3.11. The van der Waals surface area contributed by atoms with Crippen LogP contribution in [-0.4, -0.2) is 131 Å². The van der Waals surface area contributed by atoms with Crippen molar-refractivity contribution >= 4 is 71.1 Å². The maximum absolute atomic E-state index is 14.0. The molecule has 7 amide bonds. The number of fused-ring (bicyclic) bond motifs is 1. The van der Waals surface area contributed by atoms with Gasteiger partial charge in [-0.15, -0.1) is 11.8 Å². The molecule has 0 aliphatic carbocycles. The van der Waals surface area contributed by atoms with E-state index < -0.39 is 95.8 Å². The normalized spacial score (nSPS) is 20.2. The first-order valence-corrected chi connectivity index (χ1v) is 16.4. The Kier molecular flexibility index (Phi) is 17.0. The third-order valence-corrected chi connectivity index (χ3v) is 9.41. The van der Waals surface area contributed by atoms with Gasteiger partial charge >= 0.3 is 89.0 Å². The fraction of sp³-hybridized carbons (Fsp3) is 0.433. The van der Waals surface area contributed by atoms with Gasteiger partial charge in [0, 0.05) is 50.7 Å². The van der Waals surface area contributed by atoms with E-state index in [0.29, 0.717) is 4.90 Å². The maximum atomic E-state index is 14.0. The number of carbonyl (C=O) groups excluding carboxylic acids is 9. The summed E-state index contributed by atoms with van der Waals surface area (Å²) in [6.07, 6.45) is -1.08. The van der Waals surface area contributed by atoms with Crippen LogP contribution in [0.2, 0.25) is 0 Å². The van der Waals surface area contributed by atoms with Crippen LogP contribution in [0.15, 0.2) is 35.5 Å². The number of piperazine rings is 1. The predicted molar refractivity (Wildman–Crippen MR) is 169 cm³/mol. The van der Waals surface area contributed by atoms with Gasteiger partial charge < -0.3 is 55.3 Å². The van der Waals surface area contributed by atoms with Gasteiger partial charge in [0.1, 0.15) is 24.6 Å². The zero-order valence-electron chi connectivity index (χ0n) is 29.8. The summed E-state index contributed by atoms with van der Waals surface area (Å²) in [6.45, 7) is 1.67. The number of ether oxygens (including phenoxy) is 3. The summed E-state index contributed by atoms with van der Waals surface area (Å²) in [5.74, 6) is -8.34. The number of likely N-dealkylation sites (N-methyl/N-ethyl adjacent to an activating group) is 1. The smallest absolute Gasteiger partial charge is 0.548 e. The number of nitrogens with one attached hydrogen (secondary N) is 3. The van der Waals surface area contributed by atoms with Gasteiger partial charge in [0.25, 0.3) is 11.6 Å². The molecule has 3 heterocycles. The molecule has 0 bridgehead atoms. The van der Waals surface area contributed by atoms with E-state index in [-0.39, 0.29) is 101 Å². The number of methoxy groups -OCH3 is 1. The number of carbonyl (C=O) groups is 9. The summed E-state index contributed by atoms with van der Waals surface area (Å²) in [5.41, 5.74) is 2.69. The number of benzene rings is 1. The molecule has 0 saturated carbocycles. The fourth-order valence-corrected chi connectivity index (χ4v) is 6.72. The molecular formula is C30H33N7Na2O14S. The van der Waals surface area contributed by atoms with E-state index in [0.717, 1.165) is 30.7 Å². The van der Waals surface area contributed by atoms with Gasteiger partial charge in [-0.1, -0.05) is 12.1 Å². The van der Waals surface area contributed by atoms with Crippen molar-refractivity contribution in [2.75, 3.05) is 51.0 Å². The van der Waals surface area contributed by atoms with Crippen LogP contribution < -0.4 is 91.0 Å². The number of carboxylic acid groups (broad SMARTS) is 2. The Labute approximate surface area is 355 Å². The van der Waals surface area contributed by atoms with Gasteiger partial charge in [0.2, 0.25) is 5.91 Å². The summed E-state index contributed by atoms with van der Waals surface area (Å²) in [6, 6.07) is 0.690. The molecule has 5 N–H and O–H groups in total. The van der Waals surface area contributed by atoms with E-state index in [1.807, 2.05) is 0 Å². The summed E-state index contributed by atoms with van der Waals surface area (Å²) in [5, 5.41) is 28.8. The summed E-state index contributed by atoms with van der Waals surface area (Å²) in [4.78, 5) is 115. The van der Waals surface area contributed by atoms with E-state index in [1.165, 1.54) is 29.2 Å². The second-order valence-electron chi connectivity index (χ2n) is 11.3. The number of anilines is 1. The fourth-order valence-electron chi connectivity index (χ4n) is 5.30. The Morgan fingerprint density at radius 3 is 2.22 bits per heavy atom. The van der Waals surface area contributed by atoms with E-state index in [4.69, 9.17) is 19.9 Å². The van der Waals surface area contributed by atoms with Crippen molar-refractivity contribution in [1.82, 2.24) is 25.3 Å². The molecule has 3 aliphatic heterocycles. The van der Waals surface area contributed by atoms with Crippen molar-refractivity contribution in [3.8, 4) is 0 Å². The molecule has 2 saturated heterocycles. The third kappa shape index (κ3) is 9.92. The van der Waals surface area contributed by atoms with E-state index in [1.54, 1.807) is 6.92 Å². The number of hydrogen-bond donors (Lipinski definition) is 4. The molecule has 4 rings (SSSR count). The molecular weight excluding hydrogens is 760 g/mol. The molecule has 1 aromatic carbocycles. The number of nitrogens with zero attached hydrogens (tertiary/aromatic N) is 3. The average molecular weight is 794 g/mol. The Hall–Kier alpha value is -3.74. The molecule has 4 atom stereocenters. The minimum absolute atomic E-state index is 0. The standard InChI is InChI=1S/C30H35N7O14S.2Na/c1-4-35-9-10-36(23(41)22(35)40)28(47)33-19(15-5-7-17(8-6-15)32-29(48)51-12-18(31)24(42)43)21(39)34-30(49-3)26(46)37-20(25(44)45)16(11-50-14(2)38)13-52-27(30)37;;/h5-8,18-19,27H,4,9-13,31H2,1-3H3,(H,32,48)(H,33,47)(H,34,39)(H,42,43)(H,44,45);;/q;2*+1/p-2/t18-,19-,27+,30+;;/m1../s1. The molecule has 1 aromatic rings. The van der Waals surface area contributed by atoms with Crippen LogP contribution in [0.3, 0.4) is 0 Å². The molecule has 24 heteroatoms. The van der Waals surface area contributed by atoms with Crippen LogP contribution in [0.1, 0.15) is 25.5 Å². The zero-order chi connectivity index (χ0) is 38.5. The SMILES string of the molecule is CCN1CCN(C(=O)N[C@@H](C(=O)N[C@]2(OC)C(=O)N3C(C(=O)[O-])=C(COC(C)=O)CS[C@H]32)c2ccc(NC(=O)OC[C@@H](N)C(=O)[O-])cc2)C(=O)C1=O.[Na+].[Na+]. The number of aliphatic carboxylic acids is 2. The first-order chi connectivity index (χ1) is 24.6. The van der Waals surface area contributed by atoms with Crippen LogP contribution in [0.25, 0.3) is 0 Å². The van der Waals surface area contributed by atoms with Gasteiger partial charge in [-0.3, -0.25) is 39.1 Å². The number of thioether (sulfide) groups is 1. The quantitative estimate of drug-likeness (QED) is 0.0474. The molecule has 54 heavy (non-hydrogen) atoms. The molecule has 3 aliphatic rings. The number of imide groups is 1. The molecule has 2 fully saturated rings. The molecule has 280 valence electrons. The minimum Gasteiger partial charge on any atom is -0.548 e. The van der Waals surface area contributed by atoms with Gasteiger partial charge in [0.15, 0.2) is 0 Å². The number of amides is 7. The van der Waals surface area contributed by atoms with Gasteiger partial charge in [-0.2, -0.15) is 0 Å². The third-order valence-electron chi connectivity index (χ3n) is 8.04. The number of hydrogen-bond acceptors (Lipinski definition) is 16. The second kappa shape index (κ2) is 19.7. The first kappa shape index (κ1) is 46.4. The number of rotatable bonds is 13. The molecule has 0 aromatic heterocycles. The minimum atomic E-state index is -2.17. The van der Waals surface area contributed by atoms with Crippen LogP contribution in [0, 0.1) is 0 Å². The van der Waals surface area contributed by atoms with Crippen molar-refractivity contribution in [2.45, 2.75) is 37.0 Å². The Balaban J connectivity index is 0.00000504. The Morgan fingerprint density at radius 1 is 1.02 bits per heavy atom. The molecule has 0 spiro atoms. The summed E-state index contributed by atoms with van der Waals surface area (Å²) >= 11 is 0.980. The maximum Gasteiger partial charge on any atom is 1.00 e. The molecule has 0 radical (unpaired) electrons. The Morgan fingerprint density at radius 2 is 1.67 bits per heavy atom. The van der Waals surface area contributed by atoms with Crippen molar-refractivity contribution in [2.24, 2.45) is 5.73 Å². The number of urea groups is 1. The molecule has 0 unspecified atom stereocenters. The van der Waals surface area contributed by atoms with Crippen molar-refractivity contribution in [3.63, 3.8) is 0 Å². The van der Waals surface area contributed by atoms with Crippen LogP contribution in [-0.2, 0) is 47.8 Å². The largest absolute Gasteiger partial charge is 1.00 e. The first-order valence-electron chi connectivity index (χ1n) is 15.4. The van der Waals surface area contributed by atoms with Gasteiger partial charge in [-0.05, 0) is 24.6 Å². The second-order valence-corrected chi connectivity index (χ2v) is 12.4. The number of β-lactam (4-membered cyclic amide) rings is 1. The monoisotopic (exact) mass is 793 g/mol. The van der Waals surface area contributed by atoms with E-state index >= 15 is 0 Å². The van der Waals surface area contributed by atoms with Crippen LogP contribution in [0.4, 0.5) is 15.3 Å². The summed E-state index contributed by atoms with van der Waals surface area (Å²) < 4.78 is 15.1. The topological polar surface area (TPSA) is 299 Å². The number of nitrogens with two attached hydrogens (primary N) is 1. The van der Waals surface area contributed by atoms with Crippen LogP contribution in [0.5, 0.6) is 0 Å².